The van der Waals surface area contributed by atoms with Gasteiger partial charge in [0.05, 0.1) is 39.3 Å². The maximum Gasteiger partial charge on any atom is 0.330 e. The van der Waals surface area contributed by atoms with E-state index in [0.717, 1.165) is 11.5 Å². The summed E-state index contributed by atoms with van der Waals surface area (Å²) in [4.78, 5) is 44.5. The van der Waals surface area contributed by atoms with E-state index < -0.39 is 11.9 Å². The molecule has 0 aliphatic rings. The van der Waals surface area contributed by atoms with Gasteiger partial charge in [-0.15, -0.1) is 0 Å². The fourth-order valence-corrected chi connectivity index (χ4v) is 2.84. The predicted molar refractivity (Wildman–Crippen MR) is 139 cm³/mol. The largest absolute Gasteiger partial charge is 0.466 e. The van der Waals surface area contributed by atoms with E-state index in [4.69, 9.17) is 27.8 Å². The first-order chi connectivity index (χ1) is 18.3. The molecule has 2 heterocycles. The molecular formula is C28H36O10. The molecule has 0 radical (unpaired) electrons. The first-order valence-electron chi connectivity index (χ1n) is 12.5. The van der Waals surface area contributed by atoms with Crippen LogP contribution in [0.15, 0.2) is 45.3 Å². The number of aryl methyl sites for hydroxylation is 2. The number of carbonyl (C=O) groups excluding carboxylic acids is 4. The van der Waals surface area contributed by atoms with Crippen LogP contribution in [0.4, 0.5) is 0 Å². The van der Waals surface area contributed by atoms with E-state index in [1.54, 1.807) is 39.8 Å². The van der Waals surface area contributed by atoms with Gasteiger partial charge in [0.2, 0.25) is 0 Å². The molecule has 0 saturated heterocycles. The van der Waals surface area contributed by atoms with Gasteiger partial charge in [-0.3, -0.25) is 9.59 Å². The summed E-state index contributed by atoms with van der Waals surface area (Å²) in [5, 5.41) is 0. The first-order valence-corrected chi connectivity index (χ1v) is 12.5. The van der Waals surface area contributed by atoms with Crippen molar-refractivity contribution in [3.63, 3.8) is 0 Å². The second-order valence-electron chi connectivity index (χ2n) is 7.39. The topological polar surface area (TPSA) is 131 Å². The molecule has 0 amide bonds. The van der Waals surface area contributed by atoms with Crippen molar-refractivity contribution in [3.8, 4) is 0 Å². The molecule has 0 saturated carbocycles. The Bertz CT molecular complexity index is 978. The van der Waals surface area contributed by atoms with E-state index in [9.17, 15) is 19.2 Å². The third-order valence-corrected chi connectivity index (χ3v) is 4.47. The van der Waals surface area contributed by atoms with E-state index in [1.807, 2.05) is 12.1 Å². The molecule has 208 valence electrons. The minimum Gasteiger partial charge on any atom is -0.466 e. The molecule has 0 bridgehead atoms. The summed E-state index contributed by atoms with van der Waals surface area (Å²) in [6, 6.07) is 7.00. The van der Waals surface area contributed by atoms with E-state index in [0.29, 0.717) is 63.6 Å². The van der Waals surface area contributed by atoms with Crippen LogP contribution in [0.1, 0.15) is 63.6 Å². The number of ether oxygens (including phenoxy) is 4. The Morgan fingerprint density at radius 3 is 1.37 bits per heavy atom. The standard InChI is InChI=1S/C14H20O5.C14H16O5/c2*1-3-17-13(15)9-7-11-5-6-12(19-11)8-10-14(16)18-4-2/h5-6H,3-4,7-10H2,1-2H3;5-10H,3-4H2,1-2H3/b;9-7+,10-8+. The van der Waals surface area contributed by atoms with Gasteiger partial charge in [-0.25, -0.2) is 9.59 Å². The fraction of sp³-hybridized carbons (Fsp3) is 0.429. The zero-order valence-electron chi connectivity index (χ0n) is 22.4. The van der Waals surface area contributed by atoms with Gasteiger partial charge < -0.3 is 27.8 Å². The molecular weight excluding hydrogens is 496 g/mol. The van der Waals surface area contributed by atoms with Gasteiger partial charge >= 0.3 is 23.9 Å². The number of esters is 4. The second-order valence-corrected chi connectivity index (χ2v) is 7.39. The van der Waals surface area contributed by atoms with E-state index in [2.05, 4.69) is 0 Å². The highest BCUT2D eigenvalue weighted by atomic mass is 16.5. The highest BCUT2D eigenvalue weighted by Crippen LogP contribution is 2.13. The van der Waals surface area contributed by atoms with Gasteiger partial charge in [-0.1, -0.05) is 0 Å². The van der Waals surface area contributed by atoms with E-state index in [-0.39, 0.29) is 11.9 Å². The Kier molecular flexibility index (Phi) is 16.0. The van der Waals surface area contributed by atoms with Crippen LogP contribution < -0.4 is 0 Å². The molecule has 0 N–H and O–H groups in total. The van der Waals surface area contributed by atoms with Crippen LogP contribution in [0.25, 0.3) is 12.2 Å². The molecule has 10 heteroatoms. The maximum atomic E-state index is 11.2. The third kappa shape index (κ3) is 14.5. The van der Waals surface area contributed by atoms with Crippen LogP contribution >= 0.6 is 0 Å². The Labute approximate surface area is 222 Å². The average molecular weight is 533 g/mol. The molecule has 2 rings (SSSR count). The van der Waals surface area contributed by atoms with Crippen molar-refractivity contribution in [2.75, 3.05) is 26.4 Å². The summed E-state index contributed by atoms with van der Waals surface area (Å²) >= 11 is 0. The Balaban J connectivity index is 0.000000380. The number of furan rings is 2. The lowest BCUT2D eigenvalue weighted by Crippen LogP contribution is -2.05. The molecule has 0 aliphatic carbocycles. The molecule has 0 atom stereocenters. The highest BCUT2D eigenvalue weighted by molar-refractivity contribution is 5.87. The minimum absolute atomic E-state index is 0.230. The smallest absolute Gasteiger partial charge is 0.330 e. The van der Waals surface area contributed by atoms with Crippen LogP contribution in [-0.4, -0.2) is 50.3 Å². The van der Waals surface area contributed by atoms with Gasteiger partial charge in [0.1, 0.15) is 23.0 Å². The fourth-order valence-electron chi connectivity index (χ4n) is 2.84. The SMILES string of the molecule is CCOC(=O)/C=C/c1ccc(/C=C/C(=O)OCC)o1.CCOC(=O)CCc1ccc(CCC(=O)OCC)o1. The van der Waals surface area contributed by atoms with E-state index >= 15 is 0 Å². The monoisotopic (exact) mass is 532 g/mol. The molecule has 0 unspecified atom stereocenters. The number of hydrogen-bond donors (Lipinski definition) is 0. The van der Waals surface area contributed by atoms with Gasteiger partial charge in [-0.2, -0.15) is 0 Å². The predicted octanol–water partition coefficient (Wildman–Crippen LogP) is 4.70. The van der Waals surface area contributed by atoms with Gasteiger partial charge in [0.15, 0.2) is 0 Å². The number of carbonyl (C=O) groups is 4. The average Bonchev–Trinajstić information content (AvgIpc) is 3.54. The molecule has 10 nitrogen and oxygen atoms in total. The van der Waals surface area contributed by atoms with Gasteiger partial charge in [0.25, 0.3) is 0 Å². The van der Waals surface area contributed by atoms with Crippen molar-refractivity contribution in [3.05, 3.63) is 59.5 Å². The van der Waals surface area contributed by atoms with Crippen molar-refractivity contribution >= 4 is 36.0 Å². The maximum absolute atomic E-state index is 11.2. The third-order valence-electron chi connectivity index (χ3n) is 4.47. The molecule has 0 aliphatic heterocycles. The van der Waals surface area contributed by atoms with Crippen LogP contribution in [0.5, 0.6) is 0 Å². The zero-order valence-corrected chi connectivity index (χ0v) is 22.4. The van der Waals surface area contributed by atoms with Gasteiger partial charge in [-0.05, 0) is 64.1 Å². The normalized spacial score (nSPS) is 10.6. The molecule has 0 fully saturated rings. The molecule has 38 heavy (non-hydrogen) atoms. The zero-order chi connectivity index (χ0) is 28.2. The highest BCUT2D eigenvalue weighted by Gasteiger charge is 2.09. The summed E-state index contributed by atoms with van der Waals surface area (Å²) in [5.41, 5.74) is 0. The van der Waals surface area contributed by atoms with Crippen LogP contribution in [0.3, 0.4) is 0 Å². The van der Waals surface area contributed by atoms with Crippen molar-refractivity contribution in [1.29, 1.82) is 0 Å². The summed E-state index contributed by atoms with van der Waals surface area (Å²) in [6.45, 7) is 8.46. The lowest BCUT2D eigenvalue weighted by Gasteiger charge is -2.00. The summed E-state index contributed by atoms with van der Waals surface area (Å²) in [6.07, 6.45) is 7.19. The molecule has 2 aromatic heterocycles. The van der Waals surface area contributed by atoms with Crippen molar-refractivity contribution < 1.29 is 47.0 Å². The lowest BCUT2D eigenvalue weighted by atomic mass is 10.2. The Hall–Kier alpha value is -4.08. The molecule has 0 aromatic carbocycles. The Morgan fingerprint density at radius 1 is 0.605 bits per heavy atom. The summed E-state index contributed by atoms with van der Waals surface area (Å²) in [7, 11) is 0. The number of rotatable bonds is 14. The molecule has 2 aromatic rings. The lowest BCUT2D eigenvalue weighted by molar-refractivity contribution is -0.143. The van der Waals surface area contributed by atoms with Crippen molar-refractivity contribution in [2.24, 2.45) is 0 Å². The van der Waals surface area contributed by atoms with Crippen LogP contribution in [-0.2, 0) is 51.0 Å². The first kappa shape index (κ1) is 31.9. The van der Waals surface area contributed by atoms with Crippen molar-refractivity contribution in [2.45, 2.75) is 53.4 Å². The number of hydrogen-bond acceptors (Lipinski definition) is 10. The quantitative estimate of drug-likeness (QED) is 0.191. The summed E-state index contributed by atoms with van der Waals surface area (Å²) in [5.74, 6) is 1.14. The Morgan fingerprint density at radius 2 is 1.00 bits per heavy atom. The summed E-state index contributed by atoms with van der Waals surface area (Å²) < 4.78 is 30.0. The second kappa shape index (κ2) is 19.1. The minimum atomic E-state index is -0.428. The molecule has 0 spiro atoms. The van der Waals surface area contributed by atoms with Crippen LogP contribution in [0, 0.1) is 0 Å². The van der Waals surface area contributed by atoms with Crippen molar-refractivity contribution in [1.82, 2.24) is 0 Å². The van der Waals surface area contributed by atoms with Gasteiger partial charge in [0, 0.05) is 25.0 Å². The van der Waals surface area contributed by atoms with Crippen LogP contribution in [0.2, 0.25) is 0 Å². The van der Waals surface area contributed by atoms with E-state index in [1.165, 1.54) is 24.3 Å².